The highest BCUT2D eigenvalue weighted by molar-refractivity contribution is 5.79. The van der Waals surface area contributed by atoms with E-state index >= 15 is 0 Å². The number of anilines is 1. The number of aryl methyl sites for hydroxylation is 2. The fourth-order valence-electron chi connectivity index (χ4n) is 2.14. The van der Waals surface area contributed by atoms with Gasteiger partial charge in [0.15, 0.2) is 0 Å². The van der Waals surface area contributed by atoms with Gasteiger partial charge < -0.3 is 10.3 Å². The van der Waals surface area contributed by atoms with Crippen LogP contribution in [0.5, 0.6) is 0 Å². The molecular weight excluding hydrogens is 226 g/mol. The van der Waals surface area contributed by atoms with Gasteiger partial charge in [-0.2, -0.15) is 5.10 Å². The van der Waals surface area contributed by atoms with Crippen LogP contribution >= 0.6 is 0 Å². The minimum absolute atomic E-state index is 0.539. The summed E-state index contributed by atoms with van der Waals surface area (Å²) in [5.74, 6) is 0.539. The summed E-state index contributed by atoms with van der Waals surface area (Å²) in [6.45, 7) is 2.73. The van der Waals surface area contributed by atoms with E-state index in [1.165, 1.54) is 5.56 Å². The molecule has 2 aromatic heterocycles. The molecule has 0 amide bonds. The zero-order valence-corrected chi connectivity index (χ0v) is 10.5. The van der Waals surface area contributed by atoms with Crippen LogP contribution in [0, 0.1) is 6.92 Å². The molecule has 0 saturated heterocycles. The van der Waals surface area contributed by atoms with E-state index in [9.17, 15) is 0 Å². The Balaban J connectivity index is 2.11. The van der Waals surface area contributed by atoms with Gasteiger partial charge in [-0.3, -0.25) is 4.68 Å². The van der Waals surface area contributed by atoms with Crippen molar-refractivity contribution in [3.05, 3.63) is 41.7 Å². The minimum atomic E-state index is 0.539. The third-order valence-electron chi connectivity index (χ3n) is 3.18. The van der Waals surface area contributed by atoms with Crippen LogP contribution in [0.2, 0.25) is 0 Å². The lowest BCUT2D eigenvalue weighted by Crippen LogP contribution is -2.08. The number of nitrogens with zero attached hydrogens (tertiary/aromatic N) is 4. The summed E-state index contributed by atoms with van der Waals surface area (Å²) in [7, 11) is 1.93. The van der Waals surface area contributed by atoms with Gasteiger partial charge in [-0.05, 0) is 30.7 Å². The number of imidazole rings is 1. The number of aromatic nitrogens is 4. The Morgan fingerprint density at radius 2 is 2.11 bits per heavy atom. The van der Waals surface area contributed by atoms with Crippen LogP contribution in [-0.4, -0.2) is 19.3 Å². The summed E-state index contributed by atoms with van der Waals surface area (Å²) >= 11 is 0. The second kappa shape index (κ2) is 3.87. The molecule has 5 nitrogen and oxygen atoms in total. The monoisotopic (exact) mass is 241 g/mol. The van der Waals surface area contributed by atoms with Crippen molar-refractivity contribution in [1.82, 2.24) is 19.3 Å². The van der Waals surface area contributed by atoms with E-state index in [1.54, 1.807) is 6.20 Å². The second-order valence-corrected chi connectivity index (χ2v) is 4.49. The van der Waals surface area contributed by atoms with E-state index in [2.05, 4.69) is 29.1 Å². The van der Waals surface area contributed by atoms with Gasteiger partial charge in [0.25, 0.3) is 0 Å². The van der Waals surface area contributed by atoms with Gasteiger partial charge in [-0.25, -0.2) is 4.98 Å². The van der Waals surface area contributed by atoms with Crippen LogP contribution < -0.4 is 5.73 Å². The average Bonchev–Trinajstić information content (AvgIpc) is 2.85. The van der Waals surface area contributed by atoms with E-state index in [1.807, 2.05) is 28.4 Å². The average molecular weight is 241 g/mol. The second-order valence-electron chi connectivity index (χ2n) is 4.49. The summed E-state index contributed by atoms with van der Waals surface area (Å²) in [5, 5.41) is 4.16. The summed E-state index contributed by atoms with van der Waals surface area (Å²) in [5.41, 5.74) is 10.3. The number of rotatable bonds is 2. The molecular formula is C13H15N5. The number of hydrogen-bond donors (Lipinski definition) is 1. The summed E-state index contributed by atoms with van der Waals surface area (Å²) in [4.78, 5) is 4.40. The zero-order valence-electron chi connectivity index (χ0n) is 10.5. The van der Waals surface area contributed by atoms with Crippen molar-refractivity contribution >= 4 is 17.0 Å². The number of nitrogens with two attached hydrogens (primary N) is 1. The smallest absolute Gasteiger partial charge is 0.201 e. The van der Waals surface area contributed by atoms with Crippen molar-refractivity contribution < 1.29 is 0 Å². The Hall–Kier alpha value is -2.30. The maximum atomic E-state index is 5.99. The molecule has 0 spiro atoms. The normalized spacial score (nSPS) is 11.2. The van der Waals surface area contributed by atoms with Gasteiger partial charge in [-0.15, -0.1) is 0 Å². The van der Waals surface area contributed by atoms with Gasteiger partial charge in [0.1, 0.15) is 0 Å². The molecule has 2 heterocycles. The first-order chi connectivity index (χ1) is 8.65. The number of nitrogen functional groups attached to an aromatic ring is 1. The van der Waals surface area contributed by atoms with Crippen LogP contribution in [0.15, 0.2) is 30.5 Å². The van der Waals surface area contributed by atoms with Crippen LogP contribution in [0.25, 0.3) is 11.0 Å². The van der Waals surface area contributed by atoms with Crippen molar-refractivity contribution in [3.63, 3.8) is 0 Å². The third kappa shape index (κ3) is 1.64. The van der Waals surface area contributed by atoms with Crippen molar-refractivity contribution in [2.75, 3.05) is 5.73 Å². The summed E-state index contributed by atoms with van der Waals surface area (Å²) in [6, 6.07) is 8.17. The molecule has 0 aliphatic heterocycles. The SMILES string of the molecule is Cc1ccc2c(c1)nc(N)n2Cc1ccnn1C. The third-order valence-corrected chi connectivity index (χ3v) is 3.18. The molecule has 92 valence electrons. The quantitative estimate of drug-likeness (QED) is 0.743. The van der Waals surface area contributed by atoms with Crippen molar-refractivity contribution in [2.45, 2.75) is 13.5 Å². The van der Waals surface area contributed by atoms with Crippen molar-refractivity contribution in [3.8, 4) is 0 Å². The first-order valence-electron chi connectivity index (χ1n) is 5.84. The Kier molecular flexibility index (Phi) is 2.33. The first-order valence-corrected chi connectivity index (χ1v) is 5.84. The molecule has 0 atom stereocenters. The lowest BCUT2D eigenvalue weighted by atomic mass is 10.2. The first kappa shape index (κ1) is 10.8. The fourth-order valence-corrected chi connectivity index (χ4v) is 2.14. The predicted molar refractivity (Wildman–Crippen MR) is 71.2 cm³/mol. The van der Waals surface area contributed by atoms with Gasteiger partial charge in [-0.1, -0.05) is 6.07 Å². The van der Waals surface area contributed by atoms with Crippen LogP contribution in [0.3, 0.4) is 0 Å². The van der Waals surface area contributed by atoms with Gasteiger partial charge >= 0.3 is 0 Å². The van der Waals surface area contributed by atoms with Crippen LogP contribution in [-0.2, 0) is 13.6 Å². The number of fused-ring (bicyclic) bond motifs is 1. The lowest BCUT2D eigenvalue weighted by Gasteiger charge is -2.06. The molecule has 0 aliphatic carbocycles. The highest BCUT2D eigenvalue weighted by Gasteiger charge is 2.10. The number of benzene rings is 1. The zero-order chi connectivity index (χ0) is 12.7. The Bertz CT molecular complexity index is 707. The molecule has 0 unspecified atom stereocenters. The predicted octanol–water partition coefficient (Wildman–Crippen LogP) is 1.71. The molecule has 1 aromatic carbocycles. The molecule has 0 fully saturated rings. The molecule has 0 saturated carbocycles. The molecule has 0 aliphatic rings. The highest BCUT2D eigenvalue weighted by Crippen LogP contribution is 2.20. The van der Waals surface area contributed by atoms with Gasteiger partial charge in [0.2, 0.25) is 5.95 Å². The fraction of sp³-hybridized carbons (Fsp3) is 0.231. The molecule has 0 radical (unpaired) electrons. The van der Waals surface area contributed by atoms with Crippen molar-refractivity contribution in [1.29, 1.82) is 0 Å². The van der Waals surface area contributed by atoms with E-state index < -0.39 is 0 Å². The van der Waals surface area contributed by atoms with Crippen LogP contribution in [0.4, 0.5) is 5.95 Å². The van der Waals surface area contributed by atoms with E-state index in [-0.39, 0.29) is 0 Å². The van der Waals surface area contributed by atoms with Gasteiger partial charge in [0, 0.05) is 13.2 Å². The van der Waals surface area contributed by atoms with E-state index in [0.717, 1.165) is 16.7 Å². The molecule has 3 rings (SSSR count). The maximum absolute atomic E-state index is 5.99. The van der Waals surface area contributed by atoms with Crippen LogP contribution in [0.1, 0.15) is 11.3 Å². The largest absolute Gasteiger partial charge is 0.369 e. The lowest BCUT2D eigenvalue weighted by molar-refractivity contribution is 0.678. The van der Waals surface area contributed by atoms with Gasteiger partial charge in [0.05, 0.1) is 23.3 Å². The number of hydrogen-bond acceptors (Lipinski definition) is 3. The van der Waals surface area contributed by atoms with Crippen molar-refractivity contribution in [2.24, 2.45) is 7.05 Å². The maximum Gasteiger partial charge on any atom is 0.201 e. The molecule has 0 bridgehead atoms. The topological polar surface area (TPSA) is 61.7 Å². The molecule has 5 heteroatoms. The Labute approximate surface area is 105 Å². The highest BCUT2D eigenvalue weighted by atomic mass is 15.3. The molecule has 2 N–H and O–H groups in total. The standard InChI is InChI=1S/C13H15N5/c1-9-3-4-12-11(7-9)16-13(14)18(12)8-10-5-6-15-17(10)2/h3-7H,8H2,1-2H3,(H2,14,16). The summed E-state index contributed by atoms with van der Waals surface area (Å²) in [6.07, 6.45) is 1.79. The Morgan fingerprint density at radius 3 is 2.83 bits per heavy atom. The Morgan fingerprint density at radius 1 is 1.28 bits per heavy atom. The summed E-state index contributed by atoms with van der Waals surface area (Å²) < 4.78 is 3.85. The molecule has 18 heavy (non-hydrogen) atoms. The van der Waals surface area contributed by atoms with E-state index in [0.29, 0.717) is 12.5 Å². The molecule has 3 aromatic rings. The minimum Gasteiger partial charge on any atom is -0.369 e. The van der Waals surface area contributed by atoms with E-state index in [4.69, 9.17) is 5.73 Å².